The fourth-order valence-electron chi connectivity index (χ4n) is 2.48. The highest BCUT2D eigenvalue weighted by molar-refractivity contribution is 5.68. The van der Waals surface area contributed by atoms with Crippen molar-refractivity contribution in [3.05, 3.63) is 41.7 Å². The second-order valence-electron chi connectivity index (χ2n) is 5.06. The molecule has 1 aromatic carbocycles. The van der Waals surface area contributed by atoms with E-state index in [0.29, 0.717) is 6.04 Å². The van der Waals surface area contributed by atoms with E-state index in [4.69, 9.17) is 5.10 Å². The Labute approximate surface area is 110 Å². The number of hydrogen-bond donors (Lipinski definition) is 0. The second-order valence-corrected chi connectivity index (χ2v) is 5.06. The molecule has 0 N–H and O–H groups in total. The van der Waals surface area contributed by atoms with Gasteiger partial charge in [0.15, 0.2) is 0 Å². The average Bonchev–Trinajstić information content (AvgIpc) is 2.68. The minimum absolute atomic E-state index is 0.419. The van der Waals surface area contributed by atoms with Crippen molar-refractivity contribution in [1.82, 2.24) is 9.78 Å². The first-order valence-electron chi connectivity index (χ1n) is 6.78. The minimum Gasteiger partial charge on any atom is -0.266 e. The molecular weight excluding hydrogens is 220 g/mol. The van der Waals surface area contributed by atoms with Gasteiger partial charge in [-0.2, -0.15) is 5.10 Å². The van der Waals surface area contributed by atoms with Crippen LogP contribution in [0.25, 0.3) is 11.1 Å². The predicted octanol–water partition coefficient (Wildman–Crippen LogP) is 4.39. The number of benzene rings is 1. The summed E-state index contributed by atoms with van der Waals surface area (Å²) in [5.41, 5.74) is 5.12. The van der Waals surface area contributed by atoms with Crippen molar-refractivity contribution in [2.24, 2.45) is 0 Å². The molecule has 0 radical (unpaired) electrons. The van der Waals surface area contributed by atoms with E-state index in [1.54, 1.807) is 0 Å². The zero-order valence-corrected chi connectivity index (χ0v) is 11.8. The van der Waals surface area contributed by atoms with E-state index in [1.165, 1.54) is 16.8 Å². The van der Waals surface area contributed by atoms with Gasteiger partial charge >= 0.3 is 0 Å². The van der Waals surface area contributed by atoms with Gasteiger partial charge in [0, 0.05) is 17.3 Å². The first-order valence-corrected chi connectivity index (χ1v) is 6.78. The van der Waals surface area contributed by atoms with Gasteiger partial charge < -0.3 is 0 Å². The van der Waals surface area contributed by atoms with E-state index < -0.39 is 0 Å². The van der Waals surface area contributed by atoms with Gasteiger partial charge in [0.25, 0.3) is 0 Å². The monoisotopic (exact) mass is 242 g/mol. The molecule has 0 saturated heterocycles. The van der Waals surface area contributed by atoms with Crippen LogP contribution in [-0.4, -0.2) is 9.78 Å². The number of hydrogen-bond acceptors (Lipinski definition) is 1. The van der Waals surface area contributed by atoms with E-state index in [2.05, 4.69) is 62.7 Å². The van der Waals surface area contributed by atoms with E-state index in [9.17, 15) is 0 Å². The van der Waals surface area contributed by atoms with Crippen LogP contribution < -0.4 is 0 Å². The van der Waals surface area contributed by atoms with Crippen molar-refractivity contribution in [2.75, 3.05) is 0 Å². The molecule has 2 rings (SSSR count). The van der Waals surface area contributed by atoms with Crippen molar-refractivity contribution in [1.29, 1.82) is 0 Å². The van der Waals surface area contributed by atoms with Crippen LogP contribution in [0.1, 0.15) is 44.6 Å². The lowest BCUT2D eigenvalue weighted by Gasteiger charge is -2.12. The van der Waals surface area contributed by atoms with E-state index in [0.717, 1.165) is 18.5 Å². The first kappa shape index (κ1) is 12.9. The maximum Gasteiger partial charge on any atom is 0.0675 e. The second kappa shape index (κ2) is 5.38. The average molecular weight is 242 g/mol. The third-order valence-electron chi connectivity index (χ3n) is 3.22. The normalized spacial score (nSPS) is 11.2. The summed E-state index contributed by atoms with van der Waals surface area (Å²) in [7, 11) is 0. The van der Waals surface area contributed by atoms with E-state index in [1.807, 2.05) is 0 Å². The van der Waals surface area contributed by atoms with E-state index >= 15 is 0 Å². The molecule has 96 valence electrons. The van der Waals surface area contributed by atoms with Crippen LogP contribution >= 0.6 is 0 Å². The Kier molecular flexibility index (Phi) is 3.85. The molecule has 1 heterocycles. The van der Waals surface area contributed by atoms with Crippen LogP contribution in [0.3, 0.4) is 0 Å². The molecule has 0 amide bonds. The molecule has 0 spiro atoms. The molecule has 0 aliphatic carbocycles. The molecule has 2 aromatic rings. The Hall–Kier alpha value is -1.57. The van der Waals surface area contributed by atoms with Gasteiger partial charge in [-0.15, -0.1) is 0 Å². The van der Waals surface area contributed by atoms with Crippen molar-refractivity contribution in [3.63, 3.8) is 0 Å². The zero-order valence-electron chi connectivity index (χ0n) is 11.8. The third-order valence-corrected chi connectivity index (χ3v) is 3.22. The number of rotatable bonds is 4. The summed E-state index contributed by atoms with van der Waals surface area (Å²) in [4.78, 5) is 0. The number of nitrogens with zero attached hydrogens (tertiary/aromatic N) is 2. The number of aryl methyl sites for hydroxylation is 1. The summed E-state index contributed by atoms with van der Waals surface area (Å²) in [6.45, 7) is 8.73. The van der Waals surface area contributed by atoms with Crippen LogP contribution in [0, 0.1) is 6.92 Å². The van der Waals surface area contributed by atoms with Gasteiger partial charge in [-0.05, 0) is 32.8 Å². The lowest BCUT2D eigenvalue weighted by molar-refractivity contribution is 0.505. The maximum absolute atomic E-state index is 4.72. The summed E-state index contributed by atoms with van der Waals surface area (Å²) in [5, 5.41) is 4.72. The number of aromatic nitrogens is 2. The molecule has 0 saturated carbocycles. The topological polar surface area (TPSA) is 17.8 Å². The Morgan fingerprint density at radius 2 is 1.83 bits per heavy atom. The largest absolute Gasteiger partial charge is 0.266 e. The maximum atomic E-state index is 4.72. The van der Waals surface area contributed by atoms with Crippen LogP contribution in [0.15, 0.2) is 30.3 Å². The SMILES string of the molecule is CCCc1c(-c2ccccc2)c(C)nn1C(C)C. The molecule has 2 nitrogen and oxygen atoms in total. The van der Waals surface area contributed by atoms with Gasteiger partial charge in [-0.25, -0.2) is 0 Å². The molecule has 0 aliphatic heterocycles. The Morgan fingerprint density at radius 3 is 2.39 bits per heavy atom. The van der Waals surface area contributed by atoms with Crippen LogP contribution in [0.4, 0.5) is 0 Å². The standard InChI is InChI=1S/C16H22N2/c1-5-9-15-16(14-10-7-6-8-11-14)13(4)17-18(15)12(2)3/h6-8,10-12H,5,9H2,1-4H3. The predicted molar refractivity (Wildman–Crippen MR) is 76.8 cm³/mol. The highest BCUT2D eigenvalue weighted by Crippen LogP contribution is 2.29. The van der Waals surface area contributed by atoms with Crippen LogP contribution in [0.2, 0.25) is 0 Å². The van der Waals surface area contributed by atoms with Gasteiger partial charge in [0.1, 0.15) is 0 Å². The lowest BCUT2D eigenvalue weighted by atomic mass is 10.0. The molecule has 1 aromatic heterocycles. The molecule has 0 unspecified atom stereocenters. The quantitative estimate of drug-likeness (QED) is 0.777. The summed E-state index contributed by atoms with van der Waals surface area (Å²) in [6.07, 6.45) is 2.24. The van der Waals surface area contributed by atoms with Crippen LogP contribution in [-0.2, 0) is 6.42 Å². The smallest absolute Gasteiger partial charge is 0.0675 e. The highest BCUT2D eigenvalue weighted by atomic mass is 15.3. The van der Waals surface area contributed by atoms with Gasteiger partial charge in [0.2, 0.25) is 0 Å². The fourth-order valence-corrected chi connectivity index (χ4v) is 2.48. The minimum atomic E-state index is 0.419. The van der Waals surface area contributed by atoms with Crippen molar-refractivity contribution >= 4 is 0 Å². The van der Waals surface area contributed by atoms with Crippen LogP contribution in [0.5, 0.6) is 0 Å². The molecule has 0 bridgehead atoms. The van der Waals surface area contributed by atoms with Gasteiger partial charge in [0.05, 0.1) is 5.69 Å². The van der Waals surface area contributed by atoms with Gasteiger partial charge in [-0.1, -0.05) is 43.7 Å². The summed E-state index contributed by atoms with van der Waals surface area (Å²) in [5.74, 6) is 0. The van der Waals surface area contributed by atoms with Gasteiger partial charge in [-0.3, -0.25) is 4.68 Å². The third kappa shape index (κ3) is 2.33. The lowest BCUT2D eigenvalue weighted by Crippen LogP contribution is -2.07. The molecule has 0 atom stereocenters. The summed E-state index contributed by atoms with van der Waals surface area (Å²) >= 11 is 0. The summed E-state index contributed by atoms with van der Waals surface area (Å²) in [6, 6.07) is 11.0. The Balaban J connectivity index is 2.59. The Morgan fingerprint density at radius 1 is 1.17 bits per heavy atom. The van der Waals surface area contributed by atoms with Crippen molar-refractivity contribution < 1.29 is 0 Å². The molecular formula is C16H22N2. The van der Waals surface area contributed by atoms with Crippen molar-refractivity contribution in [2.45, 2.75) is 46.6 Å². The first-order chi connectivity index (χ1) is 8.65. The zero-order chi connectivity index (χ0) is 13.1. The summed E-state index contributed by atoms with van der Waals surface area (Å²) < 4.78 is 2.18. The Bertz CT molecular complexity index is 509. The highest BCUT2D eigenvalue weighted by Gasteiger charge is 2.17. The molecule has 2 heteroatoms. The molecule has 0 fully saturated rings. The molecule has 0 aliphatic rings. The molecule has 18 heavy (non-hydrogen) atoms. The van der Waals surface area contributed by atoms with Crippen molar-refractivity contribution in [3.8, 4) is 11.1 Å². The van der Waals surface area contributed by atoms with E-state index in [-0.39, 0.29) is 0 Å². The fraction of sp³-hybridized carbons (Fsp3) is 0.438.